The van der Waals surface area contributed by atoms with Crippen LogP contribution in [0.1, 0.15) is 25.7 Å². The second-order valence-electron chi connectivity index (χ2n) is 3.93. The molecule has 0 atom stereocenters. The Morgan fingerprint density at radius 3 is 2.93 bits per heavy atom. The van der Waals surface area contributed by atoms with Crippen molar-refractivity contribution in [2.75, 3.05) is 32.7 Å². The van der Waals surface area contributed by atoms with Crippen LogP contribution >= 0.6 is 0 Å². The molecule has 0 aromatic carbocycles. The van der Waals surface area contributed by atoms with Crippen LogP contribution in [-0.4, -0.2) is 43.5 Å². The Morgan fingerprint density at radius 2 is 2.14 bits per heavy atom. The summed E-state index contributed by atoms with van der Waals surface area (Å²) < 4.78 is 0. The maximum atomic E-state index is 7.14. The van der Waals surface area contributed by atoms with Gasteiger partial charge in [-0.05, 0) is 38.9 Å². The molecule has 1 heterocycles. The van der Waals surface area contributed by atoms with Crippen molar-refractivity contribution in [1.82, 2.24) is 10.2 Å². The molecule has 0 aliphatic carbocycles. The second-order valence-corrected chi connectivity index (χ2v) is 3.93. The van der Waals surface area contributed by atoms with Gasteiger partial charge in [-0.25, -0.2) is 0 Å². The van der Waals surface area contributed by atoms with Crippen molar-refractivity contribution in [3.8, 4) is 0 Å². The number of amidine groups is 1. The molecule has 4 heteroatoms. The lowest BCUT2D eigenvalue weighted by molar-refractivity contribution is 0.253. The number of rotatable bonds is 4. The molecule has 0 bridgehead atoms. The van der Waals surface area contributed by atoms with E-state index in [1.165, 1.54) is 25.9 Å². The summed E-state index contributed by atoms with van der Waals surface area (Å²) in [7, 11) is 0. The van der Waals surface area contributed by atoms with E-state index in [1.807, 2.05) is 0 Å². The molecule has 0 spiro atoms. The molecular formula is C10H22N4. The first-order valence-corrected chi connectivity index (χ1v) is 5.55. The van der Waals surface area contributed by atoms with Gasteiger partial charge in [0.05, 0.1) is 5.84 Å². The van der Waals surface area contributed by atoms with Crippen LogP contribution in [0.15, 0.2) is 0 Å². The third-order valence-electron chi connectivity index (χ3n) is 2.60. The summed E-state index contributed by atoms with van der Waals surface area (Å²) in [6, 6.07) is 0. The average Bonchev–Trinajstić information content (AvgIpc) is 2.07. The highest BCUT2D eigenvalue weighted by Gasteiger charge is 2.06. The molecule has 0 amide bonds. The van der Waals surface area contributed by atoms with Gasteiger partial charge in [-0.2, -0.15) is 0 Å². The quantitative estimate of drug-likeness (QED) is 0.452. The molecule has 1 saturated heterocycles. The Balaban J connectivity index is 2.10. The monoisotopic (exact) mass is 198 g/mol. The lowest BCUT2D eigenvalue weighted by Gasteiger charge is -2.24. The number of nitrogens with zero attached hydrogens (tertiary/aromatic N) is 1. The zero-order chi connectivity index (χ0) is 10.2. The lowest BCUT2D eigenvalue weighted by atomic mass is 10.2. The molecule has 4 N–H and O–H groups in total. The van der Waals surface area contributed by atoms with Crippen LogP contribution < -0.4 is 11.1 Å². The predicted molar refractivity (Wildman–Crippen MR) is 59.7 cm³/mol. The summed E-state index contributed by atoms with van der Waals surface area (Å²) >= 11 is 0. The van der Waals surface area contributed by atoms with Gasteiger partial charge in [0.25, 0.3) is 0 Å². The van der Waals surface area contributed by atoms with Crippen molar-refractivity contribution in [1.29, 1.82) is 5.41 Å². The molecule has 0 saturated carbocycles. The Kier molecular flexibility index (Phi) is 5.56. The van der Waals surface area contributed by atoms with Crippen molar-refractivity contribution >= 4 is 5.84 Å². The van der Waals surface area contributed by atoms with Gasteiger partial charge in [-0.15, -0.1) is 0 Å². The van der Waals surface area contributed by atoms with E-state index < -0.39 is 0 Å². The van der Waals surface area contributed by atoms with E-state index in [2.05, 4.69) is 10.2 Å². The molecule has 1 rings (SSSR count). The first-order chi connectivity index (χ1) is 6.79. The fraction of sp³-hybridized carbons (Fsp3) is 0.900. The number of nitrogens with one attached hydrogen (secondary N) is 2. The fourth-order valence-electron chi connectivity index (χ4n) is 1.78. The van der Waals surface area contributed by atoms with E-state index in [0.717, 1.165) is 32.5 Å². The molecule has 1 aliphatic heterocycles. The SMILES string of the molecule is N=C(N)CCCN1CCCCNCC1. The van der Waals surface area contributed by atoms with Crippen LogP contribution in [0, 0.1) is 5.41 Å². The topological polar surface area (TPSA) is 65.1 Å². The molecule has 14 heavy (non-hydrogen) atoms. The summed E-state index contributed by atoms with van der Waals surface area (Å²) in [5, 5.41) is 10.5. The van der Waals surface area contributed by atoms with Crippen molar-refractivity contribution in [2.24, 2.45) is 5.73 Å². The van der Waals surface area contributed by atoms with Gasteiger partial charge < -0.3 is 16.0 Å². The van der Waals surface area contributed by atoms with Crippen molar-refractivity contribution in [3.63, 3.8) is 0 Å². The fourth-order valence-corrected chi connectivity index (χ4v) is 1.78. The van der Waals surface area contributed by atoms with E-state index in [0.29, 0.717) is 5.84 Å². The number of nitrogens with two attached hydrogens (primary N) is 1. The van der Waals surface area contributed by atoms with Crippen molar-refractivity contribution in [3.05, 3.63) is 0 Å². The normalized spacial score (nSPS) is 20.0. The van der Waals surface area contributed by atoms with Gasteiger partial charge in [0.2, 0.25) is 0 Å². The molecule has 0 radical (unpaired) electrons. The summed E-state index contributed by atoms with van der Waals surface area (Å²) in [5.74, 6) is 0.315. The second kappa shape index (κ2) is 6.79. The lowest BCUT2D eigenvalue weighted by Crippen LogP contribution is -2.36. The molecule has 4 nitrogen and oxygen atoms in total. The third-order valence-corrected chi connectivity index (χ3v) is 2.60. The third kappa shape index (κ3) is 5.19. The van der Waals surface area contributed by atoms with E-state index in [1.54, 1.807) is 0 Å². The van der Waals surface area contributed by atoms with Gasteiger partial charge in [0.15, 0.2) is 0 Å². The van der Waals surface area contributed by atoms with E-state index >= 15 is 0 Å². The molecule has 1 fully saturated rings. The van der Waals surface area contributed by atoms with Crippen LogP contribution in [0.4, 0.5) is 0 Å². The smallest absolute Gasteiger partial charge is 0.0905 e. The minimum atomic E-state index is 0.315. The van der Waals surface area contributed by atoms with Crippen LogP contribution in [0.3, 0.4) is 0 Å². The minimum absolute atomic E-state index is 0.315. The van der Waals surface area contributed by atoms with Gasteiger partial charge in [-0.1, -0.05) is 0 Å². The van der Waals surface area contributed by atoms with Crippen LogP contribution in [0.25, 0.3) is 0 Å². The number of hydrogen-bond acceptors (Lipinski definition) is 3. The summed E-state index contributed by atoms with van der Waals surface area (Å²) in [6.45, 7) is 5.69. The van der Waals surface area contributed by atoms with E-state index in [9.17, 15) is 0 Å². The summed E-state index contributed by atoms with van der Waals surface area (Å²) in [6.07, 6.45) is 4.33. The number of hydrogen-bond donors (Lipinski definition) is 3. The van der Waals surface area contributed by atoms with Crippen LogP contribution in [0.5, 0.6) is 0 Å². The van der Waals surface area contributed by atoms with Crippen LogP contribution in [0.2, 0.25) is 0 Å². The largest absolute Gasteiger partial charge is 0.388 e. The van der Waals surface area contributed by atoms with Crippen molar-refractivity contribution in [2.45, 2.75) is 25.7 Å². The van der Waals surface area contributed by atoms with Gasteiger partial charge >= 0.3 is 0 Å². The first-order valence-electron chi connectivity index (χ1n) is 5.55. The maximum Gasteiger partial charge on any atom is 0.0905 e. The molecular weight excluding hydrogens is 176 g/mol. The molecule has 0 unspecified atom stereocenters. The standard InChI is InChI=1S/C10H22N4/c11-10(12)4-3-8-14-7-2-1-5-13-6-9-14/h13H,1-9H2,(H3,11,12). The highest BCUT2D eigenvalue weighted by atomic mass is 15.1. The Hall–Kier alpha value is -0.610. The van der Waals surface area contributed by atoms with E-state index in [4.69, 9.17) is 11.1 Å². The van der Waals surface area contributed by atoms with Gasteiger partial charge in [0, 0.05) is 19.5 Å². The first kappa shape index (κ1) is 11.5. The molecule has 1 aliphatic rings. The Morgan fingerprint density at radius 1 is 1.29 bits per heavy atom. The molecule has 0 aromatic rings. The highest BCUT2D eigenvalue weighted by Crippen LogP contribution is 2.00. The summed E-state index contributed by atoms with van der Waals surface area (Å²) in [5.41, 5.74) is 5.32. The van der Waals surface area contributed by atoms with Crippen molar-refractivity contribution < 1.29 is 0 Å². The zero-order valence-electron chi connectivity index (χ0n) is 8.89. The predicted octanol–water partition coefficient (Wildman–Crippen LogP) is 0.388. The minimum Gasteiger partial charge on any atom is -0.388 e. The Bertz CT molecular complexity index is 162. The van der Waals surface area contributed by atoms with Gasteiger partial charge in [0.1, 0.15) is 0 Å². The average molecular weight is 198 g/mol. The molecule has 82 valence electrons. The molecule has 0 aromatic heterocycles. The Labute approximate surface area is 86.4 Å². The highest BCUT2D eigenvalue weighted by molar-refractivity contribution is 5.76. The van der Waals surface area contributed by atoms with E-state index in [-0.39, 0.29) is 0 Å². The van der Waals surface area contributed by atoms with Gasteiger partial charge in [-0.3, -0.25) is 5.41 Å². The maximum absolute atomic E-state index is 7.14. The summed E-state index contributed by atoms with van der Waals surface area (Å²) in [4.78, 5) is 2.47. The van der Waals surface area contributed by atoms with Crippen LogP contribution in [-0.2, 0) is 0 Å². The zero-order valence-corrected chi connectivity index (χ0v) is 8.89.